The Kier molecular flexibility index (Phi) is 6.21. The lowest BCUT2D eigenvalue weighted by Crippen LogP contribution is -2.24. The molecule has 2 aromatic rings. The number of benzene rings is 2. The summed E-state index contributed by atoms with van der Waals surface area (Å²) in [5.41, 5.74) is 3.59. The first-order chi connectivity index (χ1) is 11.1. The molecule has 1 atom stereocenters. The van der Waals surface area contributed by atoms with Crippen molar-refractivity contribution in [2.75, 3.05) is 13.2 Å². The molecule has 0 saturated carbocycles. The maximum Gasteiger partial charge on any atom is 0.216 e. The summed E-state index contributed by atoms with van der Waals surface area (Å²) in [4.78, 5) is 11.0. The number of amides is 1. The van der Waals surface area contributed by atoms with Crippen LogP contribution in [-0.4, -0.2) is 19.1 Å². The highest BCUT2D eigenvalue weighted by atomic mass is 16.5. The lowest BCUT2D eigenvalue weighted by molar-refractivity contribution is -0.119. The van der Waals surface area contributed by atoms with Crippen LogP contribution in [0.25, 0.3) is 11.1 Å². The fourth-order valence-electron chi connectivity index (χ4n) is 2.38. The lowest BCUT2D eigenvalue weighted by atomic mass is 9.97. The minimum absolute atomic E-state index is 0.0128. The molecule has 1 N–H and O–H groups in total. The van der Waals surface area contributed by atoms with E-state index in [0.29, 0.717) is 12.5 Å². The lowest BCUT2D eigenvalue weighted by Gasteiger charge is -2.13. The molecule has 0 aliphatic carbocycles. The van der Waals surface area contributed by atoms with E-state index in [0.717, 1.165) is 18.8 Å². The zero-order valence-corrected chi connectivity index (χ0v) is 14.1. The number of carbonyl (C=O) groups is 1. The molecule has 2 aromatic carbocycles. The van der Waals surface area contributed by atoms with Crippen LogP contribution in [0.15, 0.2) is 48.5 Å². The number of ether oxygens (including phenoxy) is 1. The Morgan fingerprint density at radius 3 is 2.13 bits per heavy atom. The molecule has 0 aliphatic rings. The number of rotatable bonds is 7. The van der Waals surface area contributed by atoms with Crippen molar-refractivity contribution in [1.82, 2.24) is 5.32 Å². The van der Waals surface area contributed by atoms with E-state index in [1.54, 1.807) is 6.92 Å². The van der Waals surface area contributed by atoms with Crippen LogP contribution in [0.2, 0.25) is 0 Å². The molecule has 2 rings (SSSR count). The van der Waals surface area contributed by atoms with Crippen LogP contribution in [0, 0.1) is 0 Å². The first-order valence-corrected chi connectivity index (χ1v) is 8.17. The van der Waals surface area contributed by atoms with Gasteiger partial charge in [0.2, 0.25) is 5.91 Å². The molecule has 122 valence electrons. The molecule has 1 unspecified atom stereocenters. The molecule has 0 radical (unpaired) electrons. The Morgan fingerprint density at radius 1 is 1.04 bits per heavy atom. The Hall–Kier alpha value is -2.29. The Bertz CT molecular complexity index is 617. The Balaban J connectivity index is 2.02. The first-order valence-electron chi connectivity index (χ1n) is 8.17. The second-order valence-corrected chi connectivity index (χ2v) is 5.83. The predicted molar refractivity (Wildman–Crippen MR) is 94.8 cm³/mol. The van der Waals surface area contributed by atoms with Crippen molar-refractivity contribution < 1.29 is 9.53 Å². The maximum absolute atomic E-state index is 11.0. The third-order valence-corrected chi connectivity index (χ3v) is 3.80. The monoisotopic (exact) mass is 311 g/mol. The van der Waals surface area contributed by atoms with Gasteiger partial charge in [-0.05, 0) is 41.2 Å². The zero-order valence-electron chi connectivity index (χ0n) is 14.1. The molecule has 3 heteroatoms. The van der Waals surface area contributed by atoms with Crippen molar-refractivity contribution in [1.29, 1.82) is 0 Å². The van der Waals surface area contributed by atoms with E-state index in [4.69, 9.17) is 4.74 Å². The van der Waals surface area contributed by atoms with Gasteiger partial charge in [-0.1, -0.05) is 50.2 Å². The number of hydrogen-bond donors (Lipinski definition) is 1. The quantitative estimate of drug-likeness (QED) is 0.824. The van der Waals surface area contributed by atoms with Gasteiger partial charge in [-0.2, -0.15) is 0 Å². The molecule has 0 aliphatic heterocycles. The normalized spacial score (nSPS) is 11.8. The molecular formula is C20H25NO2. The molecule has 0 heterocycles. The summed E-state index contributed by atoms with van der Waals surface area (Å²) in [6, 6.07) is 16.7. The summed E-state index contributed by atoms with van der Waals surface area (Å²) >= 11 is 0. The fourth-order valence-corrected chi connectivity index (χ4v) is 2.38. The van der Waals surface area contributed by atoms with Gasteiger partial charge in [0.1, 0.15) is 5.75 Å². The summed E-state index contributed by atoms with van der Waals surface area (Å²) in [5, 5.41) is 2.86. The van der Waals surface area contributed by atoms with Crippen LogP contribution in [0.4, 0.5) is 0 Å². The van der Waals surface area contributed by atoms with Crippen molar-refractivity contribution in [3.63, 3.8) is 0 Å². The van der Waals surface area contributed by atoms with Crippen molar-refractivity contribution in [3.05, 3.63) is 54.1 Å². The fraction of sp³-hybridized carbons (Fsp3) is 0.350. The van der Waals surface area contributed by atoms with Crippen molar-refractivity contribution in [2.24, 2.45) is 0 Å². The van der Waals surface area contributed by atoms with E-state index >= 15 is 0 Å². The Morgan fingerprint density at radius 2 is 1.61 bits per heavy atom. The SMILES string of the molecule is CCCOc1ccc(-c2ccc(C(C)CNC(C)=O)cc2)cc1. The summed E-state index contributed by atoms with van der Waals surface area (Å²) in [6.07, 6.45) is 1.01. The van der Waals surface area contributed by atoms with Gasteiger partial charge in [-0.3, -0.25) is 4.79 Å². The summed E-state index contributed by atoms with van der Waals surface area (Å²) < 4.78 is 5.61. The van der Waals surface area contributed by atoms with Crippen LogP contribution >= 0.6 is 0 Å². The second-order valence-electron chi connectivity index (χ2n) is 5.83. The van der Waals surface area contributed by atoms with Crippen LogP contribution in [0.1, 0.15) is 38.7 Å². The molecule has 0 saturated heterocycles. The molecule has 23 heavy (non-hydrogen) atoms. The van der Waals surface area contributed by atoms with Gasteiger partial charge >= 0.3 is 0 Å². The summed E-state index contributed by atoms with van der Waals surface area (Å²) in [5.74, 6) is 1.23. The molecule has 3 nitrogen and oxygen atoms in total. The van der Waals surface area contributed by atoms with Crippen molar-refractivity contribution in [2.45, 2.75) is 33.1 Å². The maximum atomic E-state index is 11.0. The van der Waals surface area contributed by atoms with E-state index in [1.807, 2.05) is 12.1 Å². The average Bonchev–Trinajstić information content (AvgIpc) is 2.58. The van der Waals surface area contributed by atoms with E-state index in [1.165, 1.54) is 16.7 Å². The van der Waals surface area contributed by atoms with E-state index in [9.17, 15) is 4.79 Å². The van der Waals surface area contributed by atoms with E-state index < -0.39 is 0 Å². The van der Waals surface area contributed by atoms with Gasteiger partial charge in [0.15, 0.2) is 0 Å². The first kappa shape index (κ1) is 17.1. The van der Waals surface area contributed by atoms with Gasteiger partial charge in [-0.15, -0.1) is 0 Å². The average molecular weight is 311 g/mol. The topological polar surface area (TPSA) is 38.3 Å². The van der Waals surface area contributed by atoms with Gasteiger partial charge in [0, 0.05) is 13.5 Å². The van der Waals surface area contributed by atoms with Crippen LogP contribution in [0.3, 0.4) is 0 Å². The van der Waals surface area contributed by atoms with Gasteiger partial charge < -0.3 is 10.1 Å². The molecule has 0 spiro atoms. The molecule has 0 bridgehead atoms. The van der Waals surface area contributed by atoms with Gasteiger partial charge in [-0.25, -0.2) is 0 Å². The number of hydrogen-bond acceptors (Lipinski definition) is 2. The van der Waals surface area contributed by atoms with Crippen LogP contribution in [-0.2, 0) is 4.79 Å². The van der Waals surface area contributed by atoms with Crippen LogP contribution < -0.4 is 10.1 Å². The second kappa shape index (κ2) is 8.37. The summed E-state index contributed by atoms with van der Waals surface area (Å²) in [6.45, 7) is 7.18. The molecule has 1 amide bonds. The van der Waals surface area contributed by atoms with Crippen molar-refractivity contribution in [3.8, 4) is 16.9 Å². The smallest absolute Gasteiger partial charge is 0.216 e. The minimum atomic E-state index is 0.0128. The van der Waals surface area contributed by atoms with E-state index in [-0.39, 0.29) is 5.91 Å². The molecular weight excluding hydrogens is 286 g/mol. The largest absolute Gasteiger partial charge is 0.494 e. The third kappa shape index (κ3) is 5.13. The molecule has 0 aromatic heterocycles. The highest BCUT2D eigenvalue weighted by Gasteiger charge is 2.06. The number of nitrogens with one attached hydrogen (secondary N) is 1. The minimum Gasteiger partial charge on any atom is -0.494 e. The van der Waals surface area contributed by atoms with E-state index in [2.05, 4.69) is 55.6 Å². The Labute approximate surface area is 138 Å². The summed E-state index contributed by atoms with van der Waals surface area (Å²) in [7, 11) is 0. The molecule has 0 fully saturated rings. The van der Waals surface area contributed by atoms with Gasteiger partial charge in [0.05, 0.1) is 6.61 Å². The van der Waals surface area contributed by atoms with Gasteiger partial charge in [0.25, 0.3) is 0 Å². The van der Waals surface area contributed by atoms with Crippen molar-refractivity contribution >= 4 is 5.91 Å². The highest BCUT2D eigenvalue weighted by Crippen LogP contribution is 2.24. The van der Waals surface area contributed by atoms with Crippen LogP contribution in [0.5, 0.6) is 5.75 Å². The predicted octanol–water partition coefficient (Wildman–Crippen LogP) is 4.38. The third-order valence-electron chi connectivity index (χ3n) is 3.80. The standard InChI is InChI=1S/C20H25NO2/c1-4-13-23-20-11-9-19(10-12-20)18-7-5-17(6-8-18)15(2)14-21-16(3)22/h5-12,15H,4,13-14H2,1-3H3,(H,21,22). The zero-order chi connectivity index (χ0) is 16.7. The highest BCUT2D eigenvalue weighted by molar-refractivity contribution is 5.72. The number of carbonyl (C=O) groups excluding carboxylic acids is 1.